The molecule has 0 aliphatic heterocycles. The molecule has 0 radical (unpaired) electrons. The van der Waals surface area contributed by atoms with Crippen LogP contribution in [0.3, 0.4) is 0 Å². The fourth-order valence-corrected chi connectivity index (χ4v) is 3.62. The SMILES string of the molecule is Cc1c(-c2ccccc2O)nc2c(-c3[c-]c(-c4ccccn4)ccc3)cccn12.[Pt]. The van der Waals surface area contributed by atoms with Crippen molar-refractivity contribution >= 4 is 5.65 Å². The summed E-state index contributed by atoms with van der Waals surface area (Å²) >= 11 is 0. The molecule has 0 aliphatic rings. The second-order valence-corrected chi connectivity index (χ2v) is 6.87. The van der Waals surface area contributed by atoms with Gasteiger partial charge >= 0.3 is 0 Å². The molecule has 3 aromatic heterocycles. The summed E-state index contributed by atoms with van der Waals surface area (Å²) in [5.74, 6) is 0.226. The van der Waals surface area contributed by atoms with Gasteiger partial charge in [-0.3, -0.25) is 4.98 Å². The molecule has 0 unspecified atom stereocenters. The Bertz CT molecular complexity index is 1330. The van der Waals surface area contributed by atoms with Gasteiger partial charge in [-0.2, -0.15) is 0 Å². The zero-order valence-electron chi connectivity index (χ0n) is 16.2. The zero-order valence-corrected chi connectivity index (χ0v) is 18.5. The average Bonchev–Trinajstić information content (AvgIpc) is 3.11. The number of nitrogens with zero attached hydrogens (tertiary/aromatic N) is 3. The molecule has 150 valence electrons. The average molecular weight is 572 g/mol. The molecule has 5 heteroatoms. The van der Waals surface area contributed by atoms with Gasteiger partial charge in [-0.05, 0) is 30.7 Å². The third-order valence-corrected chi connectivity index (χ3v) is 5.07. The molecule has 30 heavy (non-hydrogen) atoms. The normalized spacial score (nSPS) is 10.7. The maximum atomic E-state index is 10.3. The van der Waals surface area contributed by atoms with E-state index in [1.54, 1.807) is 12.3 Å². The first-order chi connectivity index (χ1) is 14.2. The quantitative estimate of drug-likeness (QED) is 0.290. The fourth-order valence-electron chi connectivity index (χ4n) is 3.62. The molecule has 0 bridgehead atoms. The Hall–Kier alpha value is -3.23. The minimum atomic E-state index is 0. The molecule has 0 amide bonds. The number of aryl methyl sites for hydroxylation is 1. The molecule has 0 aliphatic carbocycles. The smallest absolute Gasteiger partial charge is 0.125 e. The van der Waals surface area contributed by atoms with Crippen LogP contribution >= 0.6 is 0 Å². The number of hydrogen-bond acceptors (Lipinski definition) is 3. The van der Waals surface area contributed by atoms with Crippen LogP contribution < -0.4 is 0 Å². The van der Waals surface area contributed by atoms with Crippen molar-refractivity contribution in [2.45, 2.75) is 6.92 Å². The van der Waals surface area contributed by atoms with E-state index in [0.29, 0.717) is 0 Å². The summed E-state index contributed by atoms with van der Waals surface area (Å²) in [4.78, 5) is 9.32. The molecule has 4 nitrogen and oxygen atoms in total. The van der Waals surface area contributed by atoms with Crippen molar-refractivity contribution in [3.8, 4) is 39.4 Å². The summed E-state index contributed by atoms with van der Waals surface area (Å²) in [6.45, 7) is 2.01. The second-order valence-electron chi connectivity index (χ2n) is 6.87. The monoisotopic (exact) mass is 571 g/mol. The molecule has 0 saturated heterocycles. The first kappa shape index (κ1) is 20.1. The van der Waals surface area contributed by atoms with Crippen LogP contribution in [0, 0.1) is 13.0 Å². The molecule has 0 saturated carbocycles. The molecular weight excluding hydrogens is 553 g/mol. The van der Waals surface area contributed by atoms with Crippen molar-refractivity contribution in [1.82, 2.24) is 14.4 Å². The Morgan fingerprint density at radius 1 is 0.833 bits per heavy atom. The van der Waals surface area contributed by atoms with E-state index < -0.39 is 0 Å². The van der Waals surface area contributed by atoms with Crippen LogP contribution in [-0.2, 0) is 21.1 Å². The summed E-state index contributed by atoms with van der Waals surface area (Å²) < 4.78 is 2.05. The van der Waals surface area contributed by atoms with Gasteiger partial charge in [0.2, 0.25) is 0 Å². The van der Waals surface area contributed by atoms with Crippen LogP contribution in [-0.4, -0.2) is 19.5 Å². The van der Waals surface area contributed by atoms with Crippen molar-refractivity contribution in [1.29, 1.82) is 0 Å². The molecule has 5 rings (SSSR count). The molecule has 5 aromatic rings. The van der Waals surface area contributed by atoms with Crippen molar-refractivity contribution < 1.29 is 26.2 Å². The molecule has 0 fully saturated rings. The van der Waals surface area contributed by atoms with E-state index in [0.717, 1.165) is 45.0 Å². The van der Waals surface area contributed by atoms with Crippen molar-refractivity contribution in [2.75, 3.05) is 0 Å². The number of phenols is 1. The first-order valence-electron chi connectivity index (χ1n) is 9.42. The minimum Gasteiger partial charge on any atom is -0.507 e. The van der Waals surface area contributed by atoms with Crippen LogP contribution in [0.1, 0.15) is 5.69 Å². The van der Waals surface area contributed by atoms with E-state index in [-0.39, 0.29) is 26.8 Å². The number of phenolic OH excluding ortho intramolecular Hbond substituents is 1. The van der Waals surface area contributed by atoms with E-state index in [1.807, 2.05) is 79.9 Å². The summed E-state index contributed by atoms with van der Waals surface area (Å²) in [6, 6.07) is 26.7. The van der Waals surface area contributed by atoms with E-state index >= 15 is 0 Å². The number of aromatic hydroxyl groups is 1. The number of pyridine rings is 2. The Kier molecular flexibility index (Phi) is 5.52. The number of imidazole rings is 1. The summed E-state index contributed by atoms with van der Waals surface area (Å²) in [7, 11) is 0. The largest absolute Gasteiger partial charge is 0.507 e. The standard InChI is InChI=1S/C25H18N3O.Pt/c1-17-24(21-10-2-3-13-23(21)29)27-25-20(11-7-15-28(17)25)18-8-6-9-19(16-18)22-12-4-5-14-26-22;/h2-15,29H,1H3;/q-1;. The van der Waals surface area contributed by atoms with Crippen LogP contribution in [0.4, 0.5) is 0 Å². The van der Waals surface area contributed by atoms with Crippen LogP contribution in [0.15, 0.2) is 85.2 Å². The van der Waals surface area contributed by atoms with Crippen LogP contribution in [0.5, 0.6) is 5.75 Å². The van der Waals surface area contributed by atoms with Gasteiger partial charge in [0.15, 0.2) is 0 Å². The van der Waals surface area contributed by atoms with Gasteiger partial charge in [0.1, 0.15) is 11.4 Å². The Morgan fingerprint density at radius 2 is 1.60 bits per heavy atom. The third-order valence-electron chi connectivity index (χ3n) is 5.07. The molecule has 2 aromatic carbocycles. The Balaban J connectivity index is 0.00000218. The van der Waals surface area contributed by atoms with E-state index in [9.17, 15) is 5.11 Å². The maximum absolute atomic E-state index is 10.3. The zero-order chi connectivity index (χ0) is 19.8. The topological polar surface area (TPSA) is 50.4 Å². The predicted octanol–water partition coefficient (Wildman–Crippen LogP) is 5.54. The number of hydrogen-bond donors (Lipinski definition) is 1. The molecular formula is C25H18N3OPt-. The van der Waals surface area contributed by atoms with Crippen molar-refractivity contribution in [3.05, 3.63) is 97.0 Å². The second kappa shape index (κ2) is 8.25. The summed E-state index contributed by atoms with van der Waals surface area (Å²) in [5.41, 5.74) is 7.07. The number of fused-ring (bicyclic) bond motifs is 1. The van der Waals surface area contributed by atoms with Gasteiger partial charge < -0.3 is 9.51 Å². The van der Waals surface area contributed by atoms with E-state index in [1.165, 1.54) is 0 Å². The van der Waals surface area contributed by atoms with Crippen LogP contribution in [0.2, 0.25) is 0 Å². The summed E-state index contributed by atoms with van der Waals surface area (Å²) in [5, 5.41) is 10.3. The van der Waals surface area contributed by atoms with Gasteiger partial charge in [0.05, 0.1) is 5.69 Å². The number of rotatable bonds is 3. The van der Waals surface area contributed by atoms with Gasteiger partial charge in [-0.25, -0.2) is 4.98 Å². The number of aromatic nitrogens is 3. The maximum Gasteiger partial charge on any atom is 0.125 e. The molecule has 0 atom stereocenters. The molecule has 3 heterocycles. The van der Waals surface area contributed by atoms with Crippen LogP contribution in [0.25, 0.3) is 39.3 Å². The van der Waals surface area contributed by atoms with E-state index in [4.69, 9.17) is 4.98 Å². The van der Waals surface area contributed by atoms with Gasteiger partial charge in [-0.1, -0.05) is 42.0 Å². The van der Waals surface area contributed by atoms with Gasteiger partial charge in [-0.15, -0.1) is 29.8 Å². The van der Waals surface area contributed by atoms with Gasteiger partial charge in [0.25, 0.3) is 0 Å². The molecule has 0 spiro atoms. The van der Waals surface area contributed by atoms with Crippen molar-refractivity contribution in [2.24, 2.45) is 0 Å². The fraction of sp³-hybridized carbons (Fsp3) is 0.0400. The minimum absolute atomic E-state index is 0. The summed E-state index contributed by atoms with van der Waals surface area (Å²) in [6.07, 6.45) is 3.78. The predicted molar refractivity (Wildman–Crippen MR) is 115 cm³/mol. The number of benzene rings is 2. The number of para-hydroxylation sites is 1. The van der Waals surface area contributed by atoms with Crippen molar-refractivity contribution in [3.63, 3.8) is 0 Å². The Labute approximate surface area is 189 Å². The molecule has 1 N–H and O–H groups in total. The van der Waals surface area contributed by atoms with Gasteiger partial charge in [0, 0.05) is 50.4 Å². The first-order valence-corrected chi connectivity index (χ1v) is 9.42. The third kappa shape index (κ3) is 3.44. The van der Waals surface area contributed by atoms with E-state index in [2.05, 4.69) is 15.5 Å². The Morgan fingerprint density at radius 3 is 2.40 bits per heavy atom.